The quantitative estimate of drug-likeness (QED) is 0.812. The molecule has 4 nitrogen and oxygen atoms in total. The molecule has 1 rings (SSSR count). The van der Waals surface area contributed by atoms with Crippen LogP contribution in [0.1, 0.15) is 38.3 Å². The van der Waals surface area contributed by atoms with E-state index >= 15 is 0 Å². The van der Waals surface area contributed by atoms with Crippen LogP contribution in [-0.4, -0.2) is 24.6 Å². The van der Waals surface area contributed by atoms with E-state index in [1.807, 2.05) is 39.0 Å². The van der Waals surface area contributed by atoms with Gasteiger partial charge in [-0.15, -0.1) is 0 Å². The fourth-order valence-electron chi connectivity index (χ4n) is 1.93. The first-order valence-electron chi connectivity index (χ1n) is 7.49. The average molecular weight is 292 g/mol. The van der Waals surface area contributed by atoms with Crippen molar-refractivity contribution in [3.05, 3.63) is 29.3 Å². The van der Waals surface area contributed by atoms with Gasteiger partial charge in [-0.3, -0.25) is 4.79 Å². The summed E-state index contributed by atoms with van der Waals surface area (Å²) in [5, 5.41) is 3.01. The summed E-state index contributed by atoms with van der Waals surface area (Å²) in [5.74, 6) is 1.10. The maximum absolute atomic E-state index is 12.0. The van der Waals surface area contributed by atoms with E-state index in [1.54, 1.807) is 0 Å². The molecule has 3 N–H and O–H groups in total. The molecule has 1 unspecified atom stereocenters. The van der Waals surface area contributed by atoms with Crippen LogP contribution >= 0.6 is 0 Å². The van der Waals surface area contributed by atoms with Crippen molar-refractivity contribution in [2.45, 2.75) is 46.6 Å². The Hall–Kier alpha value is -1.55. The van der Waals surface area contributed by atoms with Crippen LogP contribution in [0.2, 0.25) is 0 Å². The van der Waals surface area contributed by atoms with Crippen LogP contribution in [0.5, 0.6) is 5.75 Å². The number of aryl methyl sites for hydroxylation is 2. The third kappa shape index (κ3) is 5.05. The third-order valence-electron chi connectivity index (χ3n) is 4.05. The zero-order chi connectivity index (χ0) is 16.0. The highest BCUT2D eigenvalue weighted by Crippen LogP contribution is 2.19. The zero-order valence-corrected chi connectivity index (χ0v) is 13.8. The predicted octanol–water partition coefficient (Wildman–Crippen LogP) is 2.56. The molecule has 0 radical (unpaired) electrons. The van der Waals surface area contributed by atoms with Gasteiger partial charge in [0, 0.05) is 6.54 Å². The Kier molecular flexibility index (Phi) is 6.21. The molecule has 0 spiro atoms. The normalized spacial score (nSPS) is 13.9. The number of carbonyl (C=O) groups excluding carboxylic acids is 1. The fourth-order valence-corrected chi connectivity index (χ4v) is 1.93. The van der Waals surface area contributed by atoms with Crippen LogP contribution in [0.3, 0.4) is 0 Å². The average Bonchev–Trinajstić information content (AvgIpc) is 2.42. The van der Waals surface area contributed by atoms with E-state index in [2.05, 4.69) is 19.2 Å². The molecule has 0 aliphatic heterocycles. The molecule has 1 atom stereocenters. The van der Waals surface area contributed by atoms with Crippen molar-refractivity contribution in [1.82, 2.24) is 5.32 Å². The van der Waals surface area contributed by atoms with Crippen molar-refractivity contribution in [1.29, 1.82) is 0 Å². The third-order valence-corrected chi connectivity index (χ3v) is 4.05. The second-order valence-electron chi connectivity index (χ2n) is 6.19. The lowest BCUT2D eigenvalue weighted by molar-refractivity contribution is -0.123. The van der Waals surface area contributed by atoms with Gasteiger partial charge in [-0.1, -0.05) is 26.0 Å². The lowest BCUT2D eigenvalue weighted by atomic mass is 9.88. The highest BCUT2D eigenvalue weighted by molar-refractivity contribution is 5.77. The van der Waals surface area contributed by atoms with Gasteiger partial charge in [0.2, 0.25) is 5.91 Å². The fraction of sp³-hybridized carbons (Fsp3) is 0.588. The Morgan fingerprint density at radius 2 is 2.05 bits per heavy atom. The summed E-state index contributed by atoms with van der Waals surface area (Å²) in [5.41, 5.74) is 7.63. The van der Waals surface area contributed by atoms with Crippen molar-refractivity contribution in [2.24, 2.45) is 11.7 Å². The van der Waals surface area contributed by atoms with Gasteiger partial charge in [0.15, 0.2) is 0 Å². The Morgan fingerprint density at radius 1 is 1.38 bits per heavy atom. The molecular formula is C17H28N2O2. The van der Waals surface area contributed by atoms with Crippen molar-refractivity contribution in [2.75, 3.05) is 13.2 Å². The topological polar surface area (TPSA) is 64.3 Å². The molecule has 0 aromatic heterocycles. The highest BCUT2D eigenvalue weighted by Gasteiger charge is 2.28. The summed E-state index contributed by atoms with van der Waals surface area (Å²) >= 11 is 0. The molecule has 21 heavy (non-hydrogen) atoms. The molecule has 0 bridgehead atoms. The first-order chi connectivity index (χ1) is 9.78. The van der Waals surface area contributed by atoms with Crippen LogP contribution in [0, 0.1) is 19.8 Å². The zero-order valence-electron chi connectivity index (χ0n) is 13.8. The second-order valence-corrected chi connectivity index (χ2v) is 6.19. The summed E-state index contributed by atoms with van der Waals surface area (Å²) in [7, 11) is 0. The number of nitrogens with two attached hydrogens (primary N) is 1. The number of ether oxygens (including phenoxy) is 1. The number of amides is 1. The van der Waals surface area contributed by atoms with E-state index in [1.165, 1.54) is 0 Å². The van der Waals surface area contributed by atoms with Gasteiger partial charge in [0.1, 0.15) is 5.75 Å². The van der Waals surface area contributed by atoms with E-state index in [-0.39, 0.29) is 17.4 Å². The molecule has 1 aromatic carbocycles. The minimum atomic E-state index is -0.365. The van der Waals surface area contributed by atoms with Crippen molar-refractivity contribution >= 4 is 5.91 Å². The molecule has 0 aliphatic carbocycles. The van der Waals surface area contributed by atoms with Gasteiger partial charge in [-0.2, -0.15) is 0 Å². The van der Waals surface area contributed by atoms with Crippen molar-refractivity contribution in [3.63, 3.8) is 0 Å². The molecular weight excluding hydrogens is 264 g/mol. The van der Waals surface area contributed by atoms with Gasteiger partial charge in [-0.05, 0) is 43.9 Å². The minimum Gasteiger partial charge on any atom is -0.493 e. The van der Waals surface area contributed by atoms with Gasteiger partial charge in [-0.25, -0.2) is 0 Å². The number of carbonyl (C=O) groups is 1. The SMILES string of the molecule is Cc1ccc(C)c(OCCC(=O)NC(C)(CN)C(C)C)c1. The first-order valence-corrected chi connectivity index (χ1v) is 7.49. The Balaban J connectivity index is 2.49. The van der Waals surface area contributed by atoms with Crippen LogP contribution in [-0.2, 0) is 4.79 Å². The van der Waals surface area contributed by atoms with Crippen LogP contribution in [0.15, 0.2) is 18.2 Å². The summed E-state index contributed by atoms with van der Waals surface area (Å²) in [6, 6.07) is 6.06. The number of nitrogens with one attached hydrogen (secondary N) is 1. The Labute approximate surface area is 128 Å². The molecule has 4 heteroatoms. The Morgan fingerprint density at radius 3 is 2.62 bits per heavy atom. The standard InChI is InChI=1S/C17H28N2O2/c1-12(2)17(5,11-18)19-16(20)8-9-21-15-10-13(3)6-7-14(15)4/h6-7,10,12H,8-9,11,18H2,1-5H3,(H,19,20). The molecule has 0 fully saturated rings. The van der Waals surface area contributed by atoms with Crippen molar-refractivity contribution in [3.8, 4) is 5.75 Å². The molecule has 1 amide bonds. The van der Waals surface area contributed by atoms with E-state index < -0.39 is 0 Å². The van der Waals surface area contributed by atoms with E-state index in [0.29, 0.717) is 19.6 Å². The summed E-state index contributed by atoms with van der Waals surface area (Å²) in [4.78, 5) is 12.0. The second kappa shape index (κ2) is 7.46. The number of benzene rings is 1. The van der Waals surface area contributed by atoms with Gasteiger partial charge in [0.05, 0.1) is 18.6 Å². The van der Waals surface area contributed by atoms with Gasteiger partial charge < -0.3 is 15.8 Å². The molecule has 0 aliphatic rings. The molecule has 1 aromatic rings. The molecule has 0 heterocycles. The Bertz CT molecular complexity index is 486. The lowest BCUT2D eigenvalue weighted by Crippen LogP contribution is -2.55. The van der Waals surface area contributed by atoms with Crippen LogP contribution in [0.4, 0.5) is 0 Å². The van der Waals surface area contributed by atoms with E-state index in [0.717, 1.165) is 16.9 Å². The summed E-state index contributed by atoms with van der Waals surface area (Å²) < 4.78 is 5.70. The minimum absolute atomic E-state index is 0.0260. The van der Waals surface area contributed by atoms with Gasteiger partial charge in [0.25, 0.3) is 0 Å². The van der Waals surface area contributed by atoms with Crippen LogP contribution < -0.4 is 15.8 Å². The summed E-state index contributed by atoms with van der Waals surface area (Å²) in [6.45, 7) is 10.9. The first kappa shape index (κ1) is 17.5. The van der Waals surface area contributed by atoms with Crippen LogP contribution in [0.25, 0.3) is 0 Å². The van der Waals surface area contributed by atoms with E-state index in [4.69, 9.17) is 10.5 Å². The molecule has 0 saturated heterocycles. The molecule has 0 saturated carbocycles. The number of rotatable bonds is 7. The largest absolute Gasteiger partial charge is 0.493 e. The number of hydrogen-bond acceptors (Lipinski definition) is 3. The maximum atomic E-state index is 12.0. The number of hydrogen-bond donors (Lipinski definition) is 2. The monoisotopic (exact) mass is 292 g/mol. The maximum Gasteiger partial charge on any atom is 0.223 e. The smallest absolute Gasteiger partial charge is 0.223 e. The lowest BCUT2D eigenvalue weighted by Gasteiger charge is -2.33. The molecule has 118 valence electrons. The summed E-state index contributed by atoms with van der Waals surface area (Å²) in [6.07, 6.45) is 0.329. The predicted molar refractivity (Wildman–Crippen MR) is 86.5 cm³/mol. The highest BCUT2D eigenvalue weighted by atomic mass is 16.5. The van der Waals surface area contributed by atoms with Gasteiger partial charge >= 0.3 is 0 Å². The van der Waals surface area contributed by atoms with Crippen molar-refractivity contribution < 1.29 is 9.53 Å². The van der Waals surface area contributed by atoms with E-state index in [9.17, 15) is 4.79 Å².